The maximum absolute atomic E-state index is 11.4. The number of nitrogens with one attached hydrogen (secondary N) is 2. The molecule has 14 heavy (non-hydrogen) atoms. The summed E-state index contributed by atoms with van der Waals surface area (Å²) in [4.78, 5) is 11.4. The standard InChI is InChI=1S/C8H16N2O3S/c1-6(5-9-2)8(11)10-14(12,13)7-3-4-7/h6-7,9H,3-5H2,1-2H3,(H,10,11). The molecule has 1 saturated carbocycles. The Bertz CT molecular complexity index is 309. The fourth-order valence-corrected chi connectivity index (χ4v) is 2.51. The lowest BCUT2D eigenvalue weighted by Gasteiger charge is -2.11. The van der Waals surface area contributed by atoms with E-state index in [1.165, 1.54) is 0 Å². The Balaban J connectivity index is 2.47. The molecule has 1 aliphatic carbocycles. The van der Waals surface area contributed by atoms with E-state index in [0.717, 1.165) is 0 Å². The van der Waals surface area contributed by atoms with Gasteiger partial charge in [0.15, 0.2) is 0 Å². The average Bonchev–Trinajstić information content (AvgIpc) is 2.85. The first-order valence-electron chi connectivity index (χ1n) is 4.67. The molecule has 5 nitrogen and oxygen atoms in total. The Labute approximate surface area is 84.3 Å². The van der Waals surface area contributed by atoms with Crippen molar-refractivity contribution in [3.8, 4) is 0 Å². The van der Waals surface area contributed by atoms with E-state index < -0.39 is 15.9 Å². The van der Waals surface area contributed by atoms with Crippen molar-refractivity contribution in [2.45, 2.75) is 25.0 Å². The van der Waals surface area contributed by atoms with Crippen LogP contribution in [-0.4, -0.2) is 33.2 Å². The van der Waals surface area contributed by atoms with Gasteiger partial charge in [-0.25, -0.2) is 8.42 Å². The Morgan fingerprint density at radius 2 is 2.07 bits per heavy atom. The first kappa shape index (κ1) is 11.5. The summed E-state index contributed by atoms with van der Waals surface area (Å²) in [5.41, 5.74) is 0. The summed E-state index contributed by atoms with van der Waals surface area (Å²) in [5.74, 6) is -0.750. The molecule has 1 atom stereocenters. The summed E-state index contributed by atoms with van der Waals surface area (Å²) in [6.45, 7) is 2.17. The van der Waals surface area contributed by atoms with Gasteiger partial charge in [0.1, 0.15) is 0 Å². The Morgan fingerprint density at radius 3 is 2.50 bits per heavy atom. The number of rotatable bonds is 5. The van der Waals surface area contributed by atoms with Crippen LogP contribution in [0.3, 0.4) is 0 Å². The molecule has 1 unspecified atom stereocenters. The zero-order valence-electron chi connectivity index (χ0n) is 8.41. The van der Waals surface area contributed by atoms with Gasteiger partial charge >= 0.3 is 0 Å². The molecule has 0 bridgehead atoms. The monoisotopic (exact) mass is 220 g/mol. The van der Waals surface area contributed by atoms with E-state index in [0.29, 0.717) is 19.4 Å². The van der Waals surface area contributed by atoms with Crippen molar-refractivity contribution in [3.63, 3.8) is 0 Å². The molecule has 1 amide bonds. The number of sulfonamides is 1. The zero-order chi connectivity index (χ0) is 10.8. The summed E-state index contributed by atoms with van der Waals surface area (Å²) in [7, 11) is -1.66. The second-order valence-electron chi connectivity index (χ2n) is 3.67. The third-order valence-corrected chi connectivity index (χ3v) is 4.00. The molecule has 1 fully saturated rings. The van der Waals surface area contributed by atoms with Crippen LogP contribution in [0.4, 0.5) is 0 Å². The van der Waals surface area contributed by atoms with E-state index in [9.17, 15) is 13.2 Å². The summed E-state index contributed by atoms with van der Waals surface area (Å²) in [6.07, 6.45) is 1.34. The molecule has 6 heteroatoms. The predicted octanol–water partition coefficient (Wildman–Crippen LogP) is -0.550. The maximum atomic E-state index is 11.4. The molecule has 0 aromatic rings. The van der Waals surface area contributed by atoms with E-state index in [-0.39, 0.29) is 11.2 Å². The van der Waals surface area contributed by atoms with Crippen molar-refractivity contribution in [1.29, 1.82) is 0 Å². The first-order chi connectivity index (χ1) is 6.47. The fourth-order valence-electron chi connectivity index (χ4n) is 1.10. The van der Waals surface area contributed by atoms with Gasteiger partial charge in [-0.2, -0.15) is 0 Å². The lowest BCUT2D eigenvalue weighted by atomic mass is 10.2. The van der Waals surface area contributed by atoms with Gasteiger partial charge in [0.2, 0.25) is 15.9 Å². The van der Waals surface area contributed by atoms with Crippen LogP contribution in [0.2, 0.25) is 0 Å². The maximum Gasteiger partial charge on any atom is 0.237 e. The van der Waals surface area contributed by atoms with Gasteiger partial charge in [0.25, 0.3) is 0 Å². The lowest BCUT2D eigenvalue weighted by molar-refractivity contribution is -0.122. The molecule has 2 N–H and O–H groups in total. The van der Waals surface area contributed by atoms with E-state index >= 15 is 0 Å². The molecule has 0 radical (unpaired) electrons. The van der Waals surface area contributed by atoms with Crippen LogP contribution in [0.25, 0.3) is 0 Å². The zero-order valence-corrected chi connectivity index (χ0v) is 9.23. The fraction of sp³-hybridized carbons (Fsp3) is 0.875. The predicted molar refractivity (Wildman–Crippen MR) is 53.2 cm³/mol. The quantitative estimate of drug-likeness (QED) is 0.652. The van der Waals surface area contributed by atoms with Crippen molar-refractivity contribution in [2.75, 3.05) is 13.6 Å². The average molecular weight is 220 g/mol. The molecule has 0 aromatic carbocycles. The molecule has 82 valence electrons. The van der Waals surface area contributed by atoms with Crippen LogP contribution in [0.5, 0.6) is 0 Å². The molecule has 1 aliphatic rings. The van der Waals surface area contributed by atoms with Gasteiger partial charge in [-0.1, -0.05) is 6.92 Å². The highest BCUT2D eigenvalue weighted by Crippen LogP contribution is 2.27. The third-order valence-electron chi connectivity index (χ3n) is 2.16. The van der Waals surface area contributed by atoms with Crippen LogP contribution in [-0.2, 0) is 14.8 Å². The van der Waals surface area contributed by atoms with Gasteiger partial charge in [0, 0.05) is 12.5 Å². The molecular formula is C8H16N2O3S. The smallest absolute Gasteiger partial charge is 0.237 e. The minimum atomic E-state index is -3.38. The summed E-state index contributed by atoms with van der Waals surface area (Å²) in [5, 5.41) is 2.48. The van der Waals surface area contributed by atoms with Gasteiger partial charge < -0.3 is 5.32 Å². The van der Waals surface area contributed by atoms with Crippen molar-refractivity contribution >= 4 is 15.9 Å². The lowest BCUT2D eigenvalue weighted by Crippen LogP contribution is -2.39. The highest BCUT2D eigenvalue weighted by Gasteiger charge is 2.37. The van der Waals surface area contributed by atoms with E-state index in [1.807, 2.05) is 0 Å². The van der Waals surface area contributed by atoms with E-state index in [4.69, 9.17) is 0 Å². The normalized spacial score (nSPS) is 19.0. The van der Waals surface area contributed by atoms with E-state index in [1.54, 1.807) is 14.0 Å². The van der Waals surface area contributed by atoms with Crippen LogP contribution < -0.4 is 10.0 Å². The van der Waals surface area contributed by atoms with Gasteiger partial charge in [-0.15, -0.1) is 0 Å². The highest BCUT2D eigenvalue weighted by atomic mass is 32.2. The van der Waals surface area contributed by atoms with Gasteiger partial charge in [0.05, 0.1) is 5.25 Å². The molecule has 0 spiro atoms. The van der Waals surface area contributed by atoms with Crippen molar-refractivity contribution in [3.05, 3.63) is 0 Å². The first-order valence-corrected chi connectivity index (χ1v) is 6.22. The molecular weight excluding hydrogens is 204 g/mol. The Kier molecular flexibility index (Phi) is 3.49. The summed E-state index contributed by atoms with van der Waals surface area (Å²) >= 11 is 0. The summed E-state index contributed by atoms with van der Waals surface area (Å²) < 4.78 is 24.8. The highest BCUT2D eigenvalue weighted by molar-refractivity contribution is 7.90. The van der Waals surface area contributed by atoms with Crippen LogP contribution in [0, 0.1) is 5.92 Å². The van der Waals surface area contributed by atoms with Crippen LogP contribution in [0.1, 0.15) is 19.8 Å². The number of amides is 1. The van der Waals surface area contributed by atoms with Crippen LogP contribution in [0.15, 0.2) is 0 Å². The Morgan fingerprint density at radius 1 is 1.50 bits per heavy atom. The van der Waals surface area contributed by atoms with Gasteiger partial charge in [-0.05, 0) is 19.9 Å². The second-order valence-corrected chi connectivity index (χ2v) is 5.63. The molecule has 0 saturated heterocycles. The topological polar surface area (TPSA) is 75.3 Å². The van der Waals surface area contributed by atoms with Crippen molar-refractivity contribution in [1.82, 2.24) is 10.0 Å². The largest absolute Gasteiger partial charge is 0.319 e. The number of hydrogen-bond donors (Lipinski definition) is 2. The summed E-state index contributed by atoms with van der Waals surface area (Å²) in [6, 6.07) is 0. The SMILES string of the molecule is CNCC(C)C(=O)NS(=O)(=O)C1CC1. The molecule has 0 aromatic heterocycles. The van der Waals surface area contributed by atoms with E-state index in [2.05, 4.69) is 10.0 Å². The minimum absolute atomic E-state index is 0.325. The molecule has 1 rings (SSSR count). The van der Waals surface area contributed by atoms with Crippen molar-refractivity contribution in [2.24, 2.45) is 5.92 Å². The number of hydrogen-bond acceptors (Lipinski definition) is 4. The minimum Gasteiger partial charge on any atom is -0.319 e. The molecule has 0 heterocycles. The van der Waals surface area contributed by atoms with Gasteiger partial charge in [-0.3, -0.25) is 9.52 Å². The number of carbonyl (C=O) groups excluding carboxylic acids is 1. The third kappa shape index (κ3) is 2.95. The van der Waals surface area contributed by atoms with Crippen molar-refractivity contribution < 1.29 is 13.2 Å². The number of carbonyl (C=O) groups is 1. The Hall–Kier alpha value is -0.620. The second kappa shape index (κ2) is 4.27. The van der Waals surface area contributed by atoms with Crippen LogP contribution >= 0.6 is 0 Å². The molecule has 0 aliphatic heterocycles.